The van der Waals surface area contributed by atoms with Gasteiger partial charge in [-0.25, -0.2) is 4.98 Å². The Labute approximate surface area is 128 Å². The number of ether oxygens (including phenoxy) is 1. The molecular formula is C17H18N2OS. The van der Waals surface area contributed by atoms with Crippen LogP contribution in [0, 0.1) is 0 Å². The third-order valence-electron chi connectivity index (χ3n) is 3.24. The first kappa shape index (κ1) is 13.9. The van der Waals surface area contributed by atoms with E-state index in [0.717, 1.165) is 22.0 Å². The van der Waals surface area contributed by atoms with Gasteiger partial charge in [0.15, 0.2) is 0 Å². The summed E-state index contributed by atoms with van der Waals surface area (Å²) >= 11 is 1.73. The van der Waals surface area contributed by atoms with Gasteiger partial charge in [-0.1, -0.05) is 24.3 Å². The summed E-state index contributed by atoms with van der Waals surface area (Å²) in [4.78, 5) is 4.70. The molecule has 0 radical (unpaired) electrons. The minimum atomic E-state index is 0.143. The summed E-state index contributed by atoms with van der Waals surface area (Å²) in [5, 5.41) is 4.58. The number of thiazole rings is 1. The Bertz CT molecular complexity index is 705. The molecule has 1 N–H and O–H groups in total. The van der Waals surface area contributed by atoms with Gasteiger partial charge in [-0.2, -0.15) is 0 Å². The van der Waals surface area contributed by atoms with Crippen molar-refractivity contribution in [2.24, 2.45) is 0 Å². The van der Waals surface area contributed by atoms with Crippen LogP contribution in [0.4, 0.5) is 5.69 Å². The molecule has 0 spiro atoms. The number of hydrogen-bond acceptors (Lipinski definition) is 4. The summed E-state index contributed by atoms with van der Waals surface area (Å²) in [5.74, 6) is 0.882. The van der Waals surface area contributed by atoms with Crippen molar-refractivity contribution in [2.75, 3.05) is 11.9 Å². The summed E-state index contributed by atoms with van der Waals surface area (Å²) in [6.45, 7) is 4.78. The Kier molecular flexibility index (Phi) is 4.06. The van der Waals surface area contributed by atoms with Crippen LogP contribution in [0.25, 0.3) is 10.2 Å². The Morgan fingerprint density at radius 1 is 1.14 bits per heavy atom. The monoisotopic (exact) mass is 298 g/mol. The summed E-state index contributed by atoms with van der Waals surface area (Å²) in [6, 6.07) is 16.4. The molecule has 0 saturated heterocycles. The highest BCUT2D eigenvalue weighted by molar-refractivity contribution is 7.18. The fraction of sp³-hybridized carbons (Fsp3) is 0.235. The molecule has 0 aliphatic heterocycles. The molecule has 0 aliphatic rings. The molecule has 0 bridgehead atoms. The van der Waals surface area contributed by atoms with Gasteiger partial charge in [0.25, 0.3) is 0 Å². The van der Waals surface area contributed by atoms with Crippen LogP contribution in [0.2, 0.25) is 0 Å². The van der Waals surface area contributed by atoms with Crippen molar-refractivity contribution in [2.45, 2.75) is 19.9 Å². The van der Waals surface area contributed by atoms with Gasteiger partial charge in [0.05, 0.1) is 28.6 Å². The lowest BCUT2D eigenvalue weighted by molar-refractivity contribution is 0.341. The minimum Gasteiger partial charge on any atom is -0.492 e. The predicted octanol–water partition coefficient (Wildman–Crippen LogP) is 4.87. The average Bonchev–Trinajstić information content (AvgIpc) is 2.93. The maximum atomic E-state index is 5.65. The molecular weight excluding hydrogens is 280 g/mol. The van der Waals surface area contributed by atoms with Crippen molar-refractivity contribution in [1.29, 1.82) is 0 Å². The van der Waals surface area contributed by atoms with Crippen LogP contribution in [0.5, 0.6) is 5.75 Å². The molecule has 0 amide bonds. The van der Waals surface area contributed by atoms with E-state index in [9.17, 15) is 0 Å². The van der Waals surface area contributed by atoms with E-state index in [1.807, 2.05) is 43.3 Å². The summed E-state index contributed by atoms with van der Waals surface area (Å²) in [7, 11) is 0. The summed E-state index contributed by atoms with van der Waals surface area (Å²) < 4.78 is 6.87. The Morgan fingerprint density at radius 3 is 2.71 bits per heavy atom. The van der Waals surface area contributed by atoms with Gasteiger partial charge in [-0.3, -0.25) is 0 Å². The minimum absolute atomic E-state index is 0.143. The highest BCUT2D eigenvalue weighted by atomic mass is 32.1. The Hall–Kier alpha value is -2.07. The number of fused-ring (bicyclic) bond motifs is 1. The lowest BCUT2D eigenvalue weighted by atomic mass is 10.2. The van der Waals surface area contributed by atoms with Gasteiger partial charge in [0.2, 0.25) is 0 Å². The second-order valence-electron chi connectivity index (χ2n) is 4.82. The third kappa shape index (κ3) is 3.00. The van der Waals surface area contributed by atoms with Crippen LogP contribution in [0.3, 0.4) is 0 Å². The number of para-hydroxylation sites is 3. The van der Waals surface area contributed by atoms with E-state index in [0.29, 0.717) is 6.61 Å². The lowest BCUT2D eigenvalue weighted by Gasteiger charge is -2.16. The summed E-state index contributed by atoms with van der Waals surface area (Å²) in [6.07, 6.45) is 0. The predicted molar refractivity (Wildman–Crippen MR) is 89.3 cm³/mol. The van der Waals surface area contributed by atoms with E-state index in [2.05, 4.69) is 24.4 Å². The first-order valence-electron chi connectivity index (χ1n) is 7.11. The third-order valence-corrected chi connectivity index (χ3v) is 4.46. The lowest BCUT2D eigenvalue weighted by Crippen LogP contribution is -2.07. The number of nitrogens with one attached hydrogen (secondary N) is 1. The van der Waals surface area contributed by atoms with Gasteiger partial charge in [0, 0.05) is 0 Å². The smallest absolute Gasteiger partial charge is 0.142 e. The molecule has 3 rings (SSSR count). The zero-order valence-corrected chi connectivity index (χ0v) is 13.0. The van der Waals surface area contributed by atoms with Crippen molar-refractivity contribution in [3.05, 3.63) is 53.5 Å². The molecule has 21 heavy (non-hydrogen) atoms. The maximum absolute atomic E-state index is 5.65. The molecule has 4 heteroatoms. The number of aromatic nitrogens is 1. The van der Waals surface area contributed by atoms with E-state index >= 15 is 0 Å². The SMILES string of the molecule is CCOc1ccccc1NC(C)c1nc2ccccc2s1. The highest BCUT2D eigenvalue weighted by Gasteiger charge is 2.13. The molecule has 0 saturated carbocycles. The van der Waals surface area contributed by atoms with Crippen molar-refractivity contribution in [1.82, 2.24) is 4.98 Å². The van der Waals surface area contributed by atoms with Crippen molar-refractivity contribution < 1.29 is 4.74 Å². The van der Waals surface area contributed by atoms with Crippen LogP contribution in [0.1, 0.15) is 24.9 Å². The standard InChI is InChI=1S/C17H18N2OS/c1-3-20-15-10-6-4-8-13(15)18-12(2)17-19-14-9-5-7-11-16(14)21-17/h4-12,18H,3H2,1-2H3. The fourth-order valence-electron chi connectivity index (χ4n) is 2.24. The normalized spacial score (nSPS) is 12.3. The molecule has 2 aromatic carbocycles. The van der Waals surface area contributed by atoms with E-state index in [-0.39, 0.29) is 6.04 Å². The fourth-order valence-corrected chi connectivity index (χ4v) is 3.21. The first-order valence-corrected chi connectivity index (χ1v) is 7.93. The van der Waals surface area contributed by atoms with Crippen LogP contribution >= 0.6 is 11.3 Å². The van der Waals surface area contributed by atoms with Gasteiger partial charge >= 0.3 is 0 Å². The zero-order chi connectivity index (χ0) is 14.7. The average molecular weight is 298 g/mol. The molecule has 0 fully saturated rings. The number of benzene rings is 2. The van der Waals surface area contributed by atoms with Gasteiger partial charge < -0.3 is 10.1 Å². The van der Waals surface area contributed by atoms with Crippen molar-refractivity contribution in [3.63, 3.8) is 0 Å². The quantitative estimate of drug-likeness (QED) is 0.730. The van der Waals surface area contributed by atoms with Crippen molar-refractivity contribution >= 4 is 27.2 Å². The molecule has 108 valence electrons. The van der Waals surface area contributed by atoms with Crippen LogP contribution in [-0.2, 0) is 0 Å². The molecule has 0 aliphatic carbocycles. The second-order valence-corrected chi connectivity index (χ2v) is 5.88. The van der Waals surface area contributed by atoms with Crippen LogP contribution in [-0.4, -0.2) is 11.6 Å². The van der Waals surface area contributed by atoms with Crippen LogP contribution in [0.15, 0.2) is 48.5 Å². The van der Waals surface area contributed by atoms with E-state index in [1.54, 1.807) is 11.3 Å². The van der Waals surface area contributed by atoms with Gasteiger partial charge in [-0.05, 0) is 38.1 Å². The zero-order valence-electron chi connectivity index (χ0n) is 12.2. The maximum Gasteiger partial charge on any atom is 0.142 e. The van der Waals surface area contributed by atoms with E-state index in [1.165, 1.54) is 4.70 Å². The molecule has 1 unspecified atom stereocenters. The Balaban J connectivity index is 1.84. The second kappa shape index (κ2) is 6.14. The largest absolute Gasteiger partial charge is 0.492 e. The number of anilines is 1. The summed E-state index contributed by atoms with van der Waals surface area (Å²) in [5.41, 5.74) is 2.07. The number of rotatable bonds is 5. The molecule has 1 aromatic heterocycles. The Morgan fingerprint density at radius 2 is 1.90 bits per heavy atom. The number of nitrogens with zero attached hydrogens (tertiary/aromatic N) is 1. The number of hydrogen-bond donors (Lipinski definition) is 1. The molecule has 3 aromatic rings. The van der Waals surface area contributed by atoms with Gasteiger partial charge in [0.1, 0.15) is 10.8 Å². The van der Waals surface area contributed by atoms with E-state index < -0.39 is 0 Å². The molecule has 1 atom stereocenters. The van der Waals surface area contributed by atoms with Crippen LogP contribution < -0.4 is 10.1 Å². The molecule has 3 nitrogen and oxygen atoms in total. The van der Waals surface area contributed by atoms with Crippen molar-refractivity contribution in [3.8, 4) is 5.75 Å². The topological polar surface area (TPSA) is 34.1 Å². The molecule has 1 heterocycles. The highest BCUT2D eigenvalue weighted by Crippen LogP contribution is 2.31. The first-order chi connectivity index (χ1) is 10.3. The van der Waals surface area contributed by atoms with E-state index in [4.69, 9.17) is 9.72 Å². The van der Waals surface area contributed by atoms with Gasteiger partial charge in [-0.15, -0.1) is 11.3 Å².